The Bertz CT molecular complexity index is 230. The van der Waals surface area contributed by atoms with Crippen molar-refractivity contribution in [2.75, 3.05) is 19.6 Å². The summed E-state index contributed by atoms with van der Waals surface area (Å²) in [6.07, 6.45) is 3.71. The van der Waals surface area contributed by atoms with Crippen LogP contribution < -0.4 is 11.5 Å². The van der Waals surface area contributed by atoms with Crippen LogP contribution in [0.2, 0.25) is 0 Å². The fourth-order valence-electron chi connectivity index (χ4n) is 2.40. The van der Waals surface area contributed by atoms with Gasteiger partial charge in [-0.2, -0.15) is 0 Å². The maximum Gasteiger partial charge on any atom is 0.235 e. The molecule has 2 unspecified atom stereocenters. The first-order valence-electron chi connectivity index (χ1n) is 6.28. The fraction of sp³-hybridized carbons (Fsp3) is 0.917. The van der Waals surface area contributed by atoms with Gasteiger partial charge in [0.25, 0.3) is 0 Å². The summed E-state index contributed by atoms with van der Waals surface area (Å²) >= 11 is 0. The number of hydrogen-bond donors (Lipinski definition) is 2. The summed E-state index contributed by atoms with van der Waals surface area (Å²) in [5.41, 5.74) is 10.9. The van der Waals surface area contributed by atoms with Gasteiger partial charge in [-0.15, -0.1) is 0 Å². The van der Waals surface area contributed by atoms with Crippen LogP contribution in [0.1, 0.15) is 33.1 Å². The lowest BCUT2D eigenvalue weighted by Crippen LogP contribution is -2.46. The predicted octanol–water partition coefficient (Wildman–Crippen LogP) is 0.557. The summed E-state index contributed by atoms with van der Waals surface area (Å²) in [5, 5.41) is 0. The summed E-state index contributed by atoms with van der Waals surface area (Å²) in [4.78, 5) is 13.2. The number of nitrogens with two attached hydrogens (primary N) is 2. The summed E-state index contributed by atoms with van der Waals surface area (Å²) in [6.45, 7) is 7.28. The van der Waals surface area contributed by atoms with Gasteiger partial charge in [-0.3, -0.25) is 4.79 Å². The topological polar surface area (TPSA) is 72.3 Å². The van der Waals surface area contributed by atoms with Crippen molar-refractivity contribution in [3.05, 3.63) is 0 Å². The Labute approximate surface area is 98.3 Å². The molecule has 0 spiro atoms. The summed E-state index contributed by atoms with van der Waals surface area (Å²) in [6, 6.07) is -0.518. The third-order valence-corrected chi connectivity index (χ3v) is 3.63. The summed E-state index contributed by atoms with van der Waals surface area (Å²) in [5.74, 6) is 1.17. The number of amides is 1. The summed E-state index contributed by atoms with van der Waals surface area (Å²) in [7, 11) is 0. The Kier molecular flexibility index (Phi) is 5.22. The van der Waals surface area contributed by atoms with E-state index in [-0.39, 0.29) is 0 Å². The maximum absolute atomic E-state index is 10.9. The highest BCUT2D eigenvalue weighted by Gasteiger charge is 2.21. The average Bonchev–Trinajstić information content (AvgIpc) is 2.43. The van der Waals surface area contributed by atoms with Crippen molar-refractivity contribution in [2.45, 2.75) is 39.2 Å². The number of nitrogens with zero attached hydrogens (tertiary/aromatic N) is 1. The molecule has 4 N–H and O–H groups in total. The lowest BCUT2D eigenvalue weighted by Gasteiger charge is -2.23. The van der Waals surface area contributed by atoms with Gasteiger partial charge in [0, 0.05) is 6.54 Å². The van der Waals surface area contributed by atoms with Crippen molar-refractivity contribution in [1.29, 1.82) is 0 Å². The molecule has 1 saturated heterocycles. The zero-order valence-corrected chi connectivity index (χ0v) is 10.5. The summed E-state index contributed by atoms with van der Waals surface area (Å²) < 4.78 is 0. The molecule has 1 rings (SSSR count). The van der Waals surface area contributed by atoms with Crippen molar-refractivity contribution < 1.29 is 4.79 Å². The molecule has 0 radical (unpaired) electrons. The van der Waals surface area contributed by atoms with Crippen LogP contribution in [0.4, 0.5) is 0 Å². The van der Waals surface area contributed by atoms with E-state index in [0.29, 0.717) is 6.54 Å². The highest BCUT2D eigenvalue weighted by atomic mass is 16.1. The van der Waals surface area contributed by atoms with Crippen LogP contribution in [0.25, 0.3) is 0 Å². The molecule has 0 aromatic carbocycles. The highest BCUT2D eigenvalue weighted by molar-refractivity contribution is 5.79. The standard InChI is InChI=1S/C12H25N3O/c1-9(2)10-4-3-6-15(7-5-10)8-11(13)12(14)16/h9-11H,3-8,13H2,1-2H3,(H2,14,16). The van der Waals surface area contributed by atoms with Crippen LogP contribution in [0, 0.1) is 11.8 Å². The Morgan fingerprint density at radius 1 is 1.38 bits per heavy atom. The molecule has 94 valence electrons. The second-order valence-electron chi connectivity index (χ2n) is 5.24. The van der Waals surface area contributed by atoms with E-state index in [1.807, 2.05) is 0 Å². The molecule has 16 heavy (non-hydrogen) atoms. The fourth-order valence-corrected chi connectivity index (χ4v) is 2.40. The molecule has 1 amide bonds. The average molecular weight is 227 g/mol. The first-order valence-corrected chi connectivity index (χ1v) is 6.28. The zero-order valence-electron chi connectivity index (χ0n) is 10.5. The Morgan fingerprint density at radius 2 is 2.06 bits per heavy atom. The first-order chi connectivity index (χ1) is 7.50. The quantitative estimate of drug-likeness (QED) is 0.737. The number of rotatable bonds is 4. The van der Waals surface area contributed by atoms with Crippen molar-refractivity contribution >= 4 is 5.91 Å². The molecular weight excluding hydrogens is 202 g/mol. The minimum atomic E-state index is -0.518. The van der Waals surface area contributed by atoms with Gasteiger partial charge >= 0.3 is 0 Å². The lowest BCUT2D eigenvalue weighted by molar-refractivity contribution is -0.119. The van der Waals surface area contributed by atoms with Crippen LogP contribution in [-0.4, -0.2) is 36.5 Å². The second-order valence-corrected chi connectivity index (χ2v) is 5.24. The molecule has 0 saturated carbocycles. The second kappa shape index (κ2) is 6.21. The van der Waals surface area contributed by atoms with Crippen LogP contribution >= 0.6 is 0 Å². The molecule has 1 heterocycles. The van der Waals surface area contributed by atoms with Gasteiger partial charge in [0.15, 0.2) is 0 Å². The Balaban J connectivity index is 2.38. The molecule has 1 aliphatic heterocycles. The van der Waals surface area contributed by atoms with Crippen LogP contribution in [0.5, 0.6) is 0 Å². The number of carbonyl (C=O) groups is 1. The Morgan fingerprint density at radius 3 is 2.62 bits per heavy atom. The van der Waals surface area contributed by atoms with Gasteiger partial charge < -0.3 is 16.4 Å². The number of likely N-dealkylation sites (tertiary alicyclic amines) is 1. The van der Waals surface area contributed by atoms with Gasteiger partial charge in [0.1, 0.15) is 0 Å². The van der Waals surface area contributed by atoms with Gasteiger partial charge in [-0.1, -0.05) is 13.8 Å². The molecule has 0 aromatic heterocycles. The number of carbonyl (C=O) groups excluding carboxylic acids is 1. The molecule has 2 atom stereocenters. The minimum absolute atomic E-state index is 0.398. The lowest BCUT2D eigenvalue weighted by atomic mass is 9.89. The predicted molar refractivity (Wildman–Crippen MR) is 65.8 cm³/mol. The van der Waals surface area contributed by atoms with Crippen molar-refractivity contribution in [3.63, 3.8) is 0 Å². The van der Waals surface area contributed by atoms with Gasteiger partial charge in [0.05, 0.1) is 6.04 Å². The van der Waals surface area contributed by atoms with Crippen molar-refractivity contribution in [2.24, 2.45) is 23.3 Å². The van der Waals surface area contributed by atoms with Gasteiger partial charge in [0.2, 0.25) is 5.91 Å². The van der Waals surface area contributed by atoms with E-state index in [9.17, 15) is 4.79 Å². The minimum Gasteiger partial charge on any atom is -0.368 e. The molecule has 0 aromatic rings. The van der Waals surface area contributed by atoms with E-state index in [0.717, 1.165) is 24.9 Å². The molecule has 1 fully saturated rings. The van der Waals surface area contributed by atoms with E-state index < -0.39 is 11.9 Å². The molecule has 4 heteroatoms. The van der Waals surface area contributed by atoms with Crippen LogP contribution in [0.15, 0.2) is 0 Å². The third kappa shape index (κ3) is 4.10. The Hall–Kier alpha value is -0.610. The van der Waals surface area contributed by atoms with E-state index in [2.05, 4.69) is 18.7 Å². The molecular formula is C12H25N3O. The first kappa shape index (κ1) is 13.5. The molecule has 1 aliphatic rings. The van der Waals surface area contributed by atoms with Crippen molar-refractivity contribution in [3.8, 4) is 0 Å². The maximum atomic E-state index is 10.9. The van der Waals surface area contributed by atoms with Crippen LogP contribution in [-0.2, 0) is 4.79 Å². The smallest absolute Gasteiger partial charge is 0.235 e. The van der Waals surface area contributed by atoms with Gasteiger partial charge in [-0.25, -0.2) is 0 Å². The van der Waals surface area contributed by atoms with E-state index >= 15 is 0 Å². The zero-order chi connectivity index (χ0) is 12.1. The molecule has 4 nitrogen and oxygen atoms in total. The van der Waals surface area contributed by atoms with E-state index in [1.165, 1.54) is 19.3 Å². The van der Waals surface area contributed by atoms with Gasteiger partial charge in [-0.05, 0) is 44.2 Å². The molecule has 0 bridgehead atoms. The van der Waals surface area contributed by atoms with Crippen molar-refractivity contribution in [1.82, 2.24) is 4.90 Å². The highest BCUT2D eigenvalue weighted by Crippen LogP contribution is 2.24. The van der Waals surface area contributed by atoms with E-state index in [1.54, 1.807) is 0 Å². The SMILES string of the molecule is CC(C)C1CCCN(CC(N)C(N)=O)CC1. The number of hydrogen-bond acceptors (Lipinski definition) is 3. The van der Waals surface area contributed by atoms with E-state index in [4.69, 9.17) is 11.5 Å². The largest absolute Gasteiger partial charge is 0.368 e. The third-order valence-electron chi connectivity index (χ3n) is 3.63. The number of primary amides is 1. The van der Waals surface area contributed by atoms with Crippen LogP contribution in [0.3, 0.4) is 0 Å². The normalized spacial score (nSPS) is 25.4. The monoisotopic (exact) mass is 227 g/mol. The molecule has 0 aliphatic carbocycles.